The second-order valence-electron chi connectivity index (χ2n) is 8.86. The summed E-state index contributed by atoms with van der Waals surface area (Å²) in [5.41, 5.74) is 0. The van der Waals surface area contributed by atoms with Crippen LogP contribution in [0.25, 0.3) is 0 Å². The topological polar surface area (TPSA) is 148 Å². The number of hydrogen-bond donors (Lipinski definition) is 6. The summed E-state index contributed by atoms with van der Waals surface area (Å²) >= 11 is 0. The van der Waals surface area contributed by atoms with Crippen molar-refractivity contribution in [1.29, 1.82) is 0 Å². The highest BCUT2D eigenvalue weighted by atomic mass is 16.5. The van der Waals surface area contributed by atoms with Crippen LogP contribution in [0.5, 0.6) is 0 Å². The Balaban J connectivity index is 3.76. The quantitative estimate of drug-likeness (QED) is 0.126. The molecule has 0 saturated carbocycles. The second kappa shape index (κ2) is 20.8. The maximum Gasteiger partial charge on any atom is 0.335 e. The Morgan fingerprint density at radius 1 is 0.750 bits per heavy atom. The minimum atomic E-state index is -2.16. The van der Waals surface area contributed by atoms with Crippen LogP contribution in [0.15, 0.2) is 0 Å². The first-order chi connectivity index (χ1) is 15.3. The van der Waals surface area contributed by atoms with Crippen molar-refractivity contribution < 1.29 is 40.2 Å². The Morgan fingerprint density at radius 2 is 1.19 bits per heavy atom. The molecule has 0 aromatic carbocycles. The van der Waals surface area contributed by atoms with Gasteiger partial charge < -0.3 is 35.4 Å². The fourth-order valence-electron chi connectivity index (χ4n) is 3.75. The van der Waals surface area contributed by atoms with E-state index in [0.29, 0.717) is 6.42 Å². The number of aliphatic carboxylic acids is 1. The molecule has 5 atom stereocenters. The Bertz CT molecular complexity index is 434. The average molecular weight is 465 g/mol. The van der Waals surface area contributed by atoms with Crippen LogP contribution in [-0.2, 0) is 9.53 Å². The van der Waals surface area contributed by atoms with Gasteiger partial charge in [0.15, 0.2) is 6.10 Å². The molecule has 0 aromatic heterocycles. The second-order valence-corrected chi connectivity index (χ2v) is 8.86. The smallest absolute Gasteiger partial charge is 0.335 e. The third-order valence-corrected chi connectivity index (χ3v) is 5.85. The monoisotopic (exact) mass is 464 g/mol. The normalized spacial score (nSPS) is 16.4. The van der Waals surface area contributed by atoms with Gasteiger partial charge in [0.25, 0.3) is 0 Å². The molecule has 0 fully saturated rings. The predicted molar refractivity (Wildman–Crippen MR) is 123 cm³/mol. The number of unbranched alkanes of at least 4 members (excludes halogenated alkanes) is 13. The number of hydrogen-bond acceptors (Lipinski definition) is 7. The summed E-state index contributed by atoms with van der Waals surface area (Å²) < 4.78 is 5.23. The summed E-state index contributed by atoms with van der Waals surface area (Å²) in [6.45, 7) is 1.23. The number of carbonyl (C=O) groups is 1. The van der Waals surface area contributed by atoms with Gasteiger partial charge in [-0.2, -0.15) is 0 Å². The van der Waals surface area contributed by atoms with E-state index < -0.39 is 43.1 Å². The lowest BCUT2D eigenvalue weighted by molar-refractivity contribution is -0.175. The highest BCUT2D eigenvalue weighted by Crippen LogP contribution is 2.15. The molecule has 0 spiro atoms. The van der Waals surface area contributed by atoms with Crippen LogP contribution >= 0.6 is 0 Å². The van der Waals surface area contributed by atoms with Crippen molar-refractivity contribution in [1.82, 2.24) is 0 Å². The summed E-state index contributed by atoms with van der Waals surface area (Å²) in [5, 5.41) is 56.9. The summed E-state index contributed by atoms with van der Waals surface area (Å²) in [5.74, 6) is -1.67. The molecule has 192 valence electrons. The lowest BCUT2D eigenvalue weighted by Gasteiger charge is -2.29. The molecule has 0 aliphatic carbocycles. The van der Waals surface area contributed by atoms with E-state index in [2.05, 4.69) is 6.92 Å². The van der Waals surface area contributed by atoms with E-state index in [1.807, 2.05) is 0 Å². The molecule has 32 heavy (non-hydrogen) atoms. The van der Waals surface area contributed by atoms with Crippen molar-refractivity contribution in [3.63, 3.8) is 0 Å². The zero-order chi connectivity index (χ0) is 24.2. The highest BCUT2D eigenvalue weighted by Gasteiger charge is 2.36. The molecule has 0 bridgehead atoms. The van der Waals surface area contributed by atoms with Gasteiger partial charge in [0.1, 0.15) is 18.3 Å². The molecule has 8 heteroatoms. The number of aliphatic hydroxyl groups is 5. The zero-order valence-corrected chi connectivity index (χ0v) is 19.9. The molecule has 5 unspecified atom stereocenters. The first kappa shape index (κ1) is 31.2. The van der Waals surface area contributed by atoms with Crippen LogP contribution in [0, 0.1) is 0 Å². The van der Waals surface area contributed by atoms with E-state index in [4.69, 9.17) is 14.9 Å². The standard InChI is InChI=1S/C24H48O8/c1-2-3-4-5-6-7-8-9-10-11-12-13-14-15-16-19(26)18-32-23(20(27)17-25)21(28)22(29)24(30)31/h19-23,25-29H,2-18H2,1H3,(H,30,31). The molecule has 0 radical (unpaired) electrons. The number of ether oxygens (including phenoxy) is 1. The van der Waals surface area contributed by atoms with E-state index in [0.717, 1.165) is 19.3 Å². The van der Waals surface area contributed by atoms with Gasteiger partial charge in [-0.05, 0) is 6.42 Å². The van der Waals surface area contributed by atoms with E-state index in [-0.39, 0.29) is 6.61 Å². The van der Waals surface area contributed by atoms with Gasteiger partial charge in [-0.15, -0.1) is 0 Å². The number of carboxylic acid groups (broad SMARTS) is 1. The molecule has 0 aliphatic rings. The van der Waals surface area contributed by atoms with Crippen molar-refractivity contribution in [2.45, 2.75) is 134 Å². The van der Waals surface area contributed by atoms with Gasteiger partial charge >= 0.3 is 5.97 Å². The molecular formula is C24H48O8. The van der Waals surface area contributed by atoms with Crippen LogP contribution in [0.2, 0.25) is 0 Å². The fourth-order valence-corrected chi connectivity index (χ4v) is 3.75. The van der Waals surface area contributed by atoms with Gasteiger partial charge in [-0.25, -0.2) is 4.79 Å². The lowest BCUT2D eigenvalue weighted by Crippen LogP contribution is -2.50. The first-order valence-corrected chi connectivity index (χ1v) is 12.5. The molecule has 0 aliphatic heterocycles. The van der Waals surface area contributed by atoms with E-state index >= 15 is 0 Å². The average Bonchev–Trinajstić information content (AvgIpc) is 2.78. The van der Waals surface area contributed by atoms with Crippen molar-refractivity contribution in [3.05, 3.63) is 0 Å². The highest BCUT2D eigenvalue weighted by molar-refractivity contribution is 5.72. The summed E-state index contributed by atoms with van der Waals surface area (Å²) in [4.78, 5) is 10.8. The van der Waals surface area contributed by atoms with Crippen LogP contribution in [0.1, 0.15) is 103 Å². The Morgan fingerprint density at radius 3 is 1.59 bits per heavy atom. The first-order valence-electron chi connectivity index (χ1n) is 12.5. The number of rotatable bonds is 23. The van der Waals surface area contributed by atoms with Crippen molar-refractivity contribution >= 4 is 5.97 Å². The Kier molecular flexibility index (Phi) is 20.3. The van der Waals surface area contributed by atoms with Crippen LogP contribution in [0.3, 0.4) is 0 Å². The third-order valence-electron chi connectivity index (χ3n) is 5.85. The van der Waals surface area contributed by atoms with Crippen molar-refractivity contribution in [3.8, 4) is 0 Å². The minimum absolute atomic E-state index is 0.233. The van der Waals surface area contributed by atoms with Crippen LogP contribution in [-0.4, -0.2) is 80.3 Å². The van der Waals surface area contributed by atoms with E-state index in [9.17, 15) is 25.2 Å². The molecule has 0 rings (SSSR count). The number of carboxylic acids is 1. The zero-order valence-electron chi connectivity index (χ0n) is 19.9. The van der Waals surface area contributed by atoms with Crippen LogP contribution < -0.4 is 0 Å². The third kappa shape index (κ3) is 15.9. The van der Waals surface area contributed by atoms with Gasteiger partial charge in [-0.1, -0.05) is 96.8 Å². The number of aliphatic hydroxyl groups excluding tert-OH is 5. The molecule has 0 aromatic rings. The lowest BCUT2D eigenvalue weighted by atomic mass is 10.0. The maximum absolute atomic E-state index is 10.8. The van der Waals surface area contributed by atoms with E-state index in [1.54, 1.807) is 0 Å². The van der Waals surface area contributed by atoms with E-state index in [1.165, 1.54) is 70.6 Å². The van der Waals surface area contributed by atoms with Gasteiger partial charge in [0.2, 0.25) is 0 Å². The van der Waals surface area contributed by atoms with Gasteiger partial charge in [0.05, 0.1) is 19.3 Å². The fraction of sp³-hybridized carbons (Fsp3) is 0.958. The molecular weight excluding hydrogens is 416 g/mol. The summed E-state index contributed by atoms with van der Waals surface area (Å²) in [7, 11) is 0. The largest absolute Gasteiger partial charge is 0.479 e. The van der Waals surface area contributed by atoms with Crippen molar-refractivity contribution in [2.24, 2.45) is 0 Å². The molecule has 0 amide bonds. The Labute approximate surface area is 193 Å². The minimum Gasteiger partial charge on any atom is -0.479 e. The molecule has 6 N–H and O–H groups in total. The molecule has 0 heterocycles. The summed E-state index contributed by atoms with van der Waals surface area (Å²) in [6, 6.07) is 0. The van der Waals surface area contributed by atoms with Crippen molar-refractivity contribution in [2.75, 3.05) is 13.2 Å². The SMILES string of the molecule is CCCCCCCCCCCCCCCCC(O)COC(C(O)CO)C(O)C(O)C(=O)O. The molecule has 8 nitrogen and oxygen atoms in total. The molecule has 0 saturated heterocycles. The van der Waals surface area contributed by atoms with Gasteiger partial charge in [-0.3, -0.25) is 0 Å². The Hall–Kier alpha value is -0.770. The maximum atomic E-state index is 10.8. The van der Waals surface area contributed by atoms with Gasteiger partial charge in [0, 0.05) is 0 Å². The predicted octanol–water partition coefficient (Wildman–Crippen LogP) is 2.76. The summed E-state index contributed by atoms with van der Waals surface area (Å²) in [6.07, 6.45) is 9.87. The van der Waals surface area contributed by atoms with Crippen LogP contribution in [0.4, 0.5) is 0 Å².